The summed E-state index contributed by atoms with van der Waals surface area (Å²) in [6, 6.07) is 5.39. The van der Waals surface area contributed by atoms with Crippen LogP contribution in [0.1, 0.15) is 34.2 Å². The molecule has 3 aromatic heterocycles. The Labute approximate surface area is 202 Å². The normalized spacial score (nSPS) is 10.9. The van der Waals surface area contributed by atoms with E-state index in [1.165, 1.54) is 13.3 Å². The van der Waals surface area contributed by atoms with Crippen molar-refractivity contribution in [2.75, 3.05) is 17.7 Å². The van der Waals surface area contributed by atoms with E-state index in [2.05, 4.69) is 35.8 Å². The van der Waals surface area contributed by atoms with Crippen molar-refractivity contribution in [3.05, 3.63) is 53.2 Å². The Hall–Kier alpha value is -4.48. The molecule has 0 radical (unpaired) electrons. The average Bonchev–Trinajstić information content (AvgIpc) is 3.39. The van der Waals surface area contributed by atoms with E-state index >= 15 is 0 Å². The molecule has 0 saturated heterocycles. The Balaban J connectivity index is 1.65. The first-order chi connectivity index (χ1) is 16.8. The minimum absolute atomic E-state index is 0.0786. The van der Waals surface area contributed by atoms with Crippen molar-refractivity contribution >= 4 is 23.4 Å². The molecule has 35 heavy (non-hydrogen) atoms. The van der Waals surface area contributed by atoms with E-state index in [0.717, 1.165) is 23.5 Å². The number of aryl methyl sites for hydroxylation is 3. The highest BCUT2D eigenvalue weighted by molar-refractivity contribution is 5.94. The third-order valence-electron chi connectivity index (χ3n) is 5.59. The van der Waals surface area contributed by atoms with Crippen molar-refractivity contribution in [3.8, 4) is 17.1 Å². The molecule has 0 aliphatic heterocycles. The quantitative estimate of drug-likeness (QED) is 0.329. The molecule has 1 aromatic carbocycles. The van der Waals surface area contributed by atoms with Gasteiger partial charge in [0, 0.05) is 37.6 Å². The number of nitrogens with zero attached hydrogens (tertiary/aromatic N) is 7. The van der Waals surface area contributed by atoms with Crippen LogP contribution in [0.4, 0.5) is 17.5 Å². The fraction of sp³-hybridized carbons (Fsp3) is 0.304. The van der Waals surface area contributed by atoms with Crippen LogP contribution in [0.5, 0.6) is 5.75 Å². The first kappa shape index (κ1) is 23.7. The van der Waals surface area contributed by atoms with Gasteiger partial charge in [-0.3, -0.25) is 9.36 Å². The van der Waals surface area contributed by atoms with Crippen molar-refractivity contribution in [3.63, 3.8) is 0 Å². The highest BCUT2D eigenvalue weighted by atomic mass is 16.5. The molecule has 12 nitrogen and oxygen atoms in total. The fourth-order valence-electron chi connectivity index (χ4n) is 3.81. The van der Waals surface area contributed by atoms with Crippen LogP contribution in [0.3, 0.4) is 0 Å². The number of carboxylic acid groups (broad SMARTS) is 1. The number of aromatic nitrogens is 7. The molecule has 4 aromatic rings. The Morgan fingerprint density at radius 2 is 2.00 bits per heavy atom. The second-order valence-electron chi connectivity index (χ2n) is 7.83. The maximum absolute atomic E-state index is 11.9. The lowest BCUT2D eigenvalue weighted by atomic mass is 10.1. The predicted octanol–water partition coefficient (Wildman–Crippen LogP) is 3.17. The molecule has 0 aliphatic carbocycles. The van der Waals surface area contributed by atoms with Crippen molar-refractivity contribution in [1.29, 1.82) is 0 Å². The number of ether oxygens (including phenoxy) is 1. The Kier molecular flexibility index (Phi) is 6.62. The lowest BCUT2D eigenvalue weighted by molar-refractivity contribution is 0.0697. The third kappa shape index (κ3) is 4.76. The largest absolute Gasteiger partial charge is 0.494 e. The van der Waals surface area contributed by atoms with Gasteiger partial charge in [-0.15, -0.1) is 0 Å². The summed E-state index contributed by atoms with van der Waals surface area (Å²) in [5.74, 6) is 0.187. The number of rotatable bonds is 9. The second-order valence-corrected chi connectivity index (χ2v) is 7.83. The van der Waals surface area contributed by atoms with Gasteiger partial charge >= 0.3 is 5.97 Å². The summed E-state index contributed by atoms with van der Waals surface area (Å²) < 4.78 is 9.14. The number of carboxylic acids is 1. The van der Waals surface area contributed by atoms with Crippen LogP contribution in [0.15, 0.2) is 30.7 Å². The molecule has 0 saturated carbocycles. The number of benzene rings is 1. The molecule has 0 aliphatic rings. The Morgan fingerprint density at radius 3 is 2.63 bits per heavy atom. The van der Waals surface area contributed by atoms with Gasteiger partial charge in [0.25, 0.3) is 0 Å². The van der Waals surface area contributed by atoms with Crippen LogP contribution in [0.2, 0.25) is 0 Å². The van der Waals surface area contributed by atoms with E-state index in [-0.39, 0.29) is 17.3 Å². The van der Waals surface area contributed by atoms with Crippen LogP contribution in [-0.2, 0) is 20.1 Å². The number of anilines is 3. The van der Waals surface area contributed by atoms with E-state index in [4.69, 9.17) is 4.74 Å². The first-order valence-corrected chi connectivity index (χ1v) is 11.0. The number of methoxy groups -OCH3 is 1. The van der Waals surface area contributed by atoms with Gasteiger partial charge in [-0.2, -0.15) is 15.2 Å². The molecule has 182 valence electrons. The summed E-state index contributed by atoms with van der Waals surface area (Å²) in [7, 11) is 3.30. The van der Waals surface area contributed by atoms with Gasteiger partial charge in [-0.1, -0.05) is 6.07 Å². The molecular formula is C23H27N9O3. The van der Waals surface area contributed by atoms with Gasteiger partial charge in [-0.05, 0) is 32.9 Å². The van der Waals surface area contributed by atoms with Crippen LogP contribution in [0, 0.1) is 13.8 Å². The number of hydrogen-bond donors (Lipinski definition) is 3. The van der Waals surface area contributed by atoms with Crippen LogP contribution < -0.4 is 15.4 Å². The van der Waals surface area contributed by atoms with E-state index in [1.807, 2.05) is 31.5 Å². The third-order valence-corrected chi connectivity index (χ3v) is 5.59. The number of nitrogens with one attached hydrogen (secondary N) is 2. The van der Waals surface area contributed by atoms with Gasteiger partial charge in [0.1, 0.15) is 11.9 Å². The molecule has 12 heteroatoms. The van der Waals surface area contributed by atoms with E-state index in [1.54, 1.807) is 30.2 Å². The van der Waals surface area contributed by atoms with Crippen LogP contribution in [-0.4, -0.2) is 52.7 Å². The molecule has 0 spiro atoms. The highest BCUT2D eigenvalue weighted by Gasteiger charge is 2.19. The Morgan fingerprint density at radius 1 is 1.20 bits per heavy atom. The molecule has 0 amide bonds. The zero-order chi connectivity index (χ0) is 25.1. The smallest absolute Gasteiger partial charge is 0.341 e. The number of carbonyl (C=O) groups is 1. The first-order valence-electron chi connectivity index (χ1n) is 11.0. The molecule has 0 unspecified atom stereocenters. The summed E-state index contributed by atoms with van der Waals surface area (Å²) >= 11 is 0. The molecule has 0 bridgehead atoms. The lowest BCUT2D eigenvalue weighted by Gasteiger charge is -2.15. The Bertz CT molecular complexity index is 1380. The van der Waals surface area contributed by atoms with Crippen LogP contribution >= 0.6 is 0 Å². The summed E-state index contributed by atoms with van der Waals surface area (Å²) in [5.41, 5.74) is 4.11. The zero-order valence-corrected chi connectivity index (χ0v) is 20.2. The maximum Gasteiger partial charge on any atom is 0.341 e. The van der Waals surface area contributed by atoms with Gasteiger partial charge in [0.15, 0.2) is 17.4 Å². The van der Waals surface area contributed by atoms with E-state index in [9.17, 15) is 9.90 Å². The van der Waals surface area contributed by atoms with Crippen molar-refractivity contribution < 1.29 is 14.6 Å². The van der Waals surface area contributed by atoms with Crippen molar-refractivity contribution in [1.82, 2.24) is 34.5 Å². The minimum atomic E-state index is -1.16. The minimum Gasteiger partial charge on any atom is -0.494 e. The summed E-state index contributed by atoms with van der Waals surface area (Å²) in [4.78, 5) is 24.8. The topological polar surface area (TPSA) is 145 Å². The summed E-state index contributed by atoms with van der Waals surface area (Å²) in [6.45, 7) is 7.23. The lowest BCUT2D eigenvalue weighted by Crippen LogP contribution is -2.11. The molecule has 4 rings (SSSR count). The number of aromatic carboxylic acids is 1. The van der Waals surface area contributed by atoms with Crippen molar-refractivity contribution in [2.24, 2.45) is 7.05 Å². The van der Waals surface area contributed by atoms with Crippen molar-refractivity contribution in [2.45, 2.75) is 33.9 Å². The van der Waals surface area contributed by atoms with Gasteiger partial charge < -0.3 is 20.5 Å². The summed E-state index contributed by atoms with van der Waals surface area (Å²) in [6.07, 6.45) is 2.86. The molecule has 3 heterocycles. The molecule has 3 N–H and O–H groups in total. The number of para-hydroxylation sites is 1. The van der Waals surface area contributed by atoms with E-state index in [0.29, 0.717) is 29.4 Å². The number of hydrogen-bond acceptors (Lipinski definition) is 9. The van der Waals surface area contributed by atoms with Crippen LogP contribution in [0.25, 0.3) is 11.4 Å². The highest BCUT2D eigenvalue weighted by Crippen LogP contribution is 2.36. The zero-order valence-electron chi connectivity index (χ0n) is 20.2. The average molecular weight is 478 g/mol. The SMILES string of the molecule is CCn1nc(C)c(CNc2ncc(C(=O)O)c(Nc3cccc(-c4ncn(C)n4)c3OC)n2)c1C. The van der Waals surface area contributed by atoms with Gasteiger partial charge in [0.2, 0.25) is 5.95 Å². The molecule has 0 fully saturated rings. The molecular weight excluding hydrogens is 450 g/mol. The van der Waals surface area contributed by atoms with Gasteiger partial charge in [-0.25, -0.2) is 14.8 Å². The van der Waals surface area contributed by atoms with Gasteiger partial charge in [0.05, 0.1) is 24.1 Å². The van der Waals surface area contributed by atoms with E-state index < -0.39 is 5.97 Å². The predicted molar refractivity (Wildman–Crippen MR) is 130 cm³/mol. The summed E-state index contributed by atoms with van der Waals surface area (Å²) in [5, 5.41) is 24.8. The fourth-order valence-corrected chi connectivity index (χ4v) is 3.81. The maximum atomic E-state index is 11.9. The monoisotopic (exact) mass is 477 g/mol. The second kappa shape index (κ2) is 9.79. The standard InChI is InChI=1S/C23H27N9O3/c1-6-32-14(3)16(13(2)29-32)10-24-23-25-11-17(22(33)34)21(28-23)27-18-9-7-8-15(19(18)35-5)20-26-12-31(4)30-20/h7-9,11-12H,6,10H2,1-5H3,(H,33,34)(H2,24,25,27,28). The molecule has 0 atom stereocenters.